The van der Waals surface area contributed by atoms with Crippen LogP contribution in [0.25, 0.3) is 0 Å². The number of benzene rings is 3. The van der Waals surface area contributed by atoms with Gasteiger partial charge in [-0.05, 0) is 54.1 Å². The molecular formula is C27H26N2O4. The molecule has 5 rings (SSSR count). The topological polar surface area (TPSA) is 52.5 Å². The Morgan fingerprint density at radius 3 is 2.58 bits per heavy atom. The second-order valence-corrected chi connectivity index (χ2v) is 7.89. The fourth-order valence-electron chi connectivity index (χ4n) is 4.33. The highest BCUT2D eigenvalue weighted by molar-refractivity contribution is 6.02. The maximum absolute atomic E-state index is 6.45. The normalized spacial score (nSPS) is 18.5. The molecule has 0 bridgehead atoms. The summed E-state index contributed by atoms with van der Waals surface area (Å²) in [6, 6.07) is 22.1. The summed E-state index contributed by atoms with van der Waals surface area (Å²) in [6.45, 7) is 4.18. The first kappa shape index (κ1) is 20.9. The van der Waals surface area contributed by atoms with Crippen LogP contribution in [0.4, 0.5) is 0 Å². The zero-order valence-corrected chi connectivity index (χ0v) is 18.7. The third kappa shape index (κ3) is 3.89. The molecule has 0 spiro atoms. The van der Waals surface area contributed by atoms with Gasteiger partial charge in [-0.2, -0.15) is 5.10 Å². The number of methoxy groups -OCH3 is 2. The Balaban J connectivity index is 1.51. The highest BCUT2D eigenvalue weighted by Gasteiger charge is 2.41. The summed E-state index contributed by atoms with van der Waals surface area (Å²) < 4.78 is 23.0. The molecule has 6 heteroatoms. The van der Waals surface area contributed by atoms with Crippen molar-refractivity contribution in [2.24, 2.45) is 5.10 Å². The molecule has 0 aromatic heterocycles. The van der Waals surface area contributed by atoms with Crippen molar-refractivity contribution < 1.29 is 18.9 Å². The summed E-state index contributed by atoms with van der Waals surface area (Å²) in [5, 5.41) is 7.08. The Hall–Kier alpha value is -3.93. The van der Waals surface area contributed by atoms with Crippen LogP contribution >= 0.6 is 0 Å². The first-order valence-corrected chi connectivity index (χ1v) is 10.9. The molecule has 0 amide bonds. The van der Waals surface area contributed by atoms with Gasteiger partial charge in [0, 0.05) is 17.5 Å². The van der Waals surface area contributed by atoms with E-state index >= 15 is 0 Å². The fraction of sp³-hybridized carbons (Fsp3) is 0.222. The minimum Gasteiger partial charge on any atom is -0.493 e. The number of hydrogen-bond acceptors (Lipinski definition) is 6. The van der Waals surface area contributed by atoms with Crippen molar-refractivity contribution in [1.82, 2.24) is 5.01 Å². The zero-order chi connectivity index (χ0) is 22.8. The van der Waals surface area contributed by atoms with E-state index in [-0.39, 0.29) is 12.3 Å². The van der Waals surface area contributed by atoms with E-state index in [1.54, 1.807) is 20.3 Å². The standard InChI is InChI=1S/C27H26N2O4/c1-4-15-32-20-12-9-18(10-13-20)22-17-23-21-7-5-6-8-24(21)33-27(29(23)28-22)19-11-14-25(30-2)26(16-19)31-3/h4-14,16,23,27H,1,15,17H2,2-3H3. The molecule has 0 radical (unpaired) electrons. The van der Waals surface area contributed by atoms with Crippen molar-refractivity contribution in [2.45, 2.75) is 18.7 Å². The summed E-state index contributed by atoms with van der Waals surface area (Å²) in [5.41, 5.74) is 4.17. The van der Waals surface area contributed by atoms with E-state index in [1.165, 1.54) is 0 Å². The number of rotatable bonds is 7. The van der Waals surface area contributed by atoms with Crippen molar-refractivity contribution in [3.8, 4) is 23.0 Å². The highest BCUT2D eigenvalue weighted by Crippen LogP contribution is 2.48. The largest absolute Gasteiger partial charge is 0.493 e. The maximum Gasteiger partial charge on any atom is 0.214 e. The van der Waals surface area contributed by atoms with Crippen LogP contribution in [0, 0.1) is 0 Å². The Bertz CT molecular complexity index is 1190. The van der Waals surface area contributed by atoms with Crippen LogP contribution in [0.5, 0.6) is 23.0 Å². The van der Waals surface area contributed by atoms with Gasteiger partial charge < -0.3 is 18.9 Å². The van der Waals surface area contributed by atoms with E-state index in [1.807, 2.05) is 60.7 Å². The van der Waals surface area contributed by atoms with Crippen LogP contribution in [0.3, 0.4) is 0 Å². The molecule has 0 fully saturated rings. The van der Waals surface area contributed by atoms with E-state index in [9.17, 15) is 0 Å². The first-order chi connectivity index (χ1) is 16.2. The summed E-state index contributed by atoms with van der Waals surface area (Å²) in [6.07, 6.45) is 2.15. The van der Waals surface area contributed by atoms with Gasteiger partial charge in [0.15, 0.2) is 11.5 Å². The molecular weight excluding hydrogens is 416 g/mol. The van der Waals surface area contributed by atoms with Crippen LogP contribution < -0.4 is 18.9 Å². The van der Waals surface area contributed by atoms with Gasteiger partial charge in [0.25, 0.3) is 0 Å². The molecule has 2 aliphatic heterocycles. The Morgan fingerprint density at radius 2 is 1.82 bits per heavy atom. The van der Waals surface area contributed by atoms with Crippen LogP contribution in [0.2, 0.25) is 0 Å². The fourth-order valence-corrected chi connectivity index (χ4v) is 4.33. The molecule has 2 heterocycles. The maximum atomic E-state index is 6.45. The van der Waals surface area contributed by atoms with E-state index < -0.39 is 0 Å². The van der Waals surface area contributed by atoms with Crippen molar-refractivity contribution in [2.75, 3.05) is 20.8 Å². The number of ether oxygens (including phenoxy) is 4. The lowest BCUT2D eigenvalue weighted by Crippen LogP contribution is -2.33. The SMILES string of the molecule is C=CCOc1ccc(C2=NN3C(C2)c2ccccc2OC3c2ccc(OC)c(OC)c2)cc1. The summed E-state index contributed by atoms with van der Waals surface area (Å²) in [5.74, 6) is 3.03. The van der Waals surface area contributed by atoms with Crippen LogP contribution in [0.15, 0.2) is 84.5 Å². The molecule has 168 valence electrons. The molecule has 0 saturated heterocycles. The van der Waals surface area contributed by atoms with Gasteiger partial charge in [-0.25, -0.2) is 5.01 Å². The third-order valence-electron chi connectivity index (χ3n) is 5.95. The second kappa shape index (κ2) is 8.90. The van der Waals surface area contributed by atoms with Gasteiger partial charge in [-0.3, -0.25) is 0 Å². The van der Waals surface area contributed by atoms with Gasteiger partial charge in [0.05, 0.1) is 26.0 Å². The minimum atomic E-state index is -0.377. The Morgan fingerprint density at radius 1 is 1.03 bits per heavy atom. The molecule has 6 nitrogen and oxygen atoms in total. The molecule has 3 aromatic rings. The van der Waals surface area contributed by atoms with Gasteiger partial charge in [-0.1, -0.05) is 30.9 Å². The van der Waals surface area contributed by atoms with Gasteiger partial charge in [0.2, 0.25) is 6.23 Å². The molecule has 0 aliphatic carbocycles. The Labute approximate surface area is 193 Å². The summed E-state index contributed by atoms with van der Waals surface area (Å²) in [7, 11) is 3.27. The van der Waals surface area contributed by atoms with E-state index in [2.05, 4.69) is 17.7 Å². The van der Waals surface area contributed by atoms with Crippen molar-refractivity contribution in [1.29, 1.82) is 0 Å². The summed E-state index contributed by atoms with van der Waals surface area (Å²) >= 11 is 0. The molecule has 2 aliphatic rings. The predicted molar refractivity (Wildman–Crippen MR) is 127 cm³/mol. The zero-order valence-electron chi connectivity index (χ0n) is 18.7. The average Bonchev–Trinajstić information content (AvgIpc) is 3.32. The van der Waals surface area contributed by atoms with Crippen molar-refractivity contribution >= 4 is 5.71 Å². The molecule has 0 saturated carbocycles. The van der Waals surface area contributed by atoms with Gasteiger partial charge >= 0.3 is 0 Å². The van der Waals surface area contributed by atoms with Crippen LogP contribution in [-0.4, -0.2) is 31.5 Å². The molecule has 3 aromatic carbocycles. The third-order valence-corrected chi connectivity index (χ3v) is 5.95. The number of hydrogen-bond donors (Lipinski definition) is 0. The number of para-hydroxylation sites is 1. The average molecular weight is 443 g/mol. The van der Waals surface area contributed by atoms with Gasteiger partial charge in [-0.15, -0.1) is 0 Å². The number of fused-ring (bicyclic) bond motifs is 3. The van der Waals surface area contributed by atoms with E-state index in [0.29, 0.717) is 18.1 Å². The lowest BCUT2D eigenvalue weighted by Gasteiger charge is -2.38. The number of nitrogens with zero attached hydrogens (tertiary/aromatic N) is 2. The molecule has 0 N–H and O–H groups in total. The quantitative estimate of drug-likeness (QED) is 0.452. The first-order valence-electron chi connectivity index (χ1n) is 10.9. The number of hydrazone groups is 1. The monoisotopic (exact) mass is 442 g/mol. The molecule has 2 unspecified atom stereocenters. The van der Waals surface area contributed by atoms with Crippen molar-refractivity contribution in [3.63, 3.8) is 0 Å². The Kier molecular flexibility index (Phi) is 5.65. The van der Waals surface area contributed by atoms with Gasteiger partial charge in [0.1, 0.15) is 18.1 Å². The lowest BCUT2D eigenvalue weighted by atomic mass is 9.96. The van der Waals surface area contributed by atoms with Crippen LogP contribution in [-0.2, 0) is 0 Å². The molecule has 33 heavy (non-hydrogen) atoms. The van der Waals surface area contributed by atoms with Crippen molar-refractivity contribution in [3.05, 3.63) is 96.1 Å². The lowest BCUT2D eigenvalue weighted by molar-refractivity contribution is -0.0191. The minimum absolute atomic E-state index is 0.0831. The van der Waals surface area contributed by atoms with Crippen LogP contribution in [0.1, 0.15) is 35.4 Å². The smallest absolute Gasteiger partial charge is 0.214 e. The predicted octanol–water partition coefficient (Wildman–Crippen LogP) is 5.51. The second-order valence-electron chi connectivity index (χ2n) is 7.89. The van der Waals surface area contributed by atoms with E-state index in [4.69, 9.17) is 24.0 Å². The summed E-state index contributed by atoms with van der Waals surface area (Å²) in [4.78, 5) is 0. The van der Waals surface area contributed by atoms with E-state index in [0.717, 1.165) is 40.3 Å². The molecule has 2 atom stereocenters. The highest BCUT2D eigenvalue weighted by atomic mass is 16.5.